The van der Waals surface area contributed by atoms with Crippen molar-refractivity contribution < 1.29 is 9.32 Å². The highest BCUT2D eigenvalue weighted by atomic mass is 79.9. The second-order valence-corrected chi connectivity index (χ2v) is 7.01. The molecule has 0 bridgehead atoms. The summed E-state index contributed by atoms with van der Waals surface area (Å²) >= 11 is 15.0. The number of aryl methyl sites for hydroxylation is 1. The second-order valence-electron chi connectivity index (χ2n) is 4.06. The van der Waals surface area contributed by atoms with E-state index in [1.54, 1.807) is 24.3 Å². The van der Waals surface area contributed by atoms with E-state index in [9.17, 15) is 9.32 Å². The van der Waals surface area contributed by atoms with Gasteiger partial charge in [-0.2, -0.15) is 0 Å². The van der Waals surface area contributed by atoms with Crippen LogP contribution in [0.2, 0.25) is 10.0 Å². The van der Waals surface area contributed by atoms with Crippen LogP contribution < -0.4 is 4.72 Å². The minimum atomic E-state index is -1.64. The van der Waals surface area contributed by atoms with Crippen molar-refractivity contribution in [1.29, 1.82) is 0 Å². The maximum absolute atomic E-state index is 12.3. The standard InChI is InChI=1S/C13H10BrCl2NO2S.C2H6/c1-7-4-9(15)2-3-11(7)17-20(19)12-6-8(14)5-10(16)13(12)18;1-2/h2-6,17-18H,1H3;1-2H3. The molecule has 0 amide bonds. The summed E-state index contributed by atoms with van der Waals surface area (Å²) in [4.78, 5) is 0.207. The Balaban J connectivity index is 0.00000116. The third-order valence-electron chi connectivity index (χ3n) is 2.58. The molecular formula is C15H16BrCl2NO2S. The van der Waals surface area contributed by atoms with Crippen molar-refractivity contribution in [2.24, 2.45) is 0 Å². The van der Waals surface area contributed by atoms with E-state index in [0.29, 0.717) is 15.2 Å². The molecule has 0 aliphatic carbocycles. The number of hydrogen-bond acceptors (Lipinski definition) is 2. The molecule has 0 aromatic heterocycles. The van der Waals surface area contributed by atoms with Gasteiger partial charge in [-0.25, -0.2) is 4.21 Å². The van der Waals surface area contributed by atoms with Crippen LogP contribution in [0.25, 0.3) is 0 Å². The fourth-order valence-electron chi connectivity index (χ4n) is 1.58. The largest absolute Gasteiger partial charge is 0.505 e. The van der Waals surface area contributed by atoms with Gasteiger partial charge in [-0.1, -0.05) is 53.0 Å². The summed E-state index contributed by atoms with van der Waals surface area (Å²) in [6.45, 7) is 5.85. The average molecular weight is 425 g/mol. The average Bonchev–Trinajstić information content (AvgIpc) is 2.47. The van der Waals surface area contributed by atoms with Gasteiger partial charge in [-0.3, -0.25) is 0 Å². The molecule has 0 spiro atoms. The van der Waals surface area contributed by atoms with Crippen LogP contribution in [-0.2, 0) is 11.0 Å². The molecule has 2 aromatic rings. The molecule has 0 aliphatic heterocycles. The van der Waals surface area contributed by atoms with E-state index in [0.717, 1.165) is 5.56 Å². The Hall–Kier alpha value is -0.750. The Morgan fingerprint density at radius 3 is 2.41 bits per heavy atom. The fraction of sp³-hybridized carbons (Fsp3) is 0.200. The lowest BCUT2D eigenvalue weighted by atomic mass is 10.2. The molecule has 0 radical (unpaired) electrons. The van der Waals surface area contributed by atoms with Gasteiger partial charge < -0.3 is 9.83 Å². The Morgan fingerprint density at radius 2 is 1.82 bits per heavy atom. The number of halogens is 3. The van der Waals surface area contributed by atoms with E-state index in [-0.39, 0.29) is 15.7 Å². The molecular weight excluding hydrogens is 409 g/mol. The number of benzene rings is 2. The number of hydrogen-bond donors (Lipinski definition) is 2. The van der Waals surface area contributed by atoms with E-state index in [2.05, 4.69) is 20.7 Å². The Kier molecular flexibility index (Phi) is 7.69. The van der Waals surface area contributed by atoms with Crippen LogP contribution >= 0.6 is 39.1 Å². The molecule has 1 atom stereocenters. The molecule has 0 heterocycles. The van der Waals surface area contributed by atoms with Crippen molar-refractivity contribution in [3.05, 3.63) is 50.4 Å². The first-order valence-corrected chi connectivity index (χ1v) is 9.21. The molecule has 2 rings (SSSR count). The summed E-state index contributed by atoms with van der Waals surface area (Å²) in [6, 6.07) is 8.27. The number of rotatable bonds is 3. The highest BCUT2D eigenvalue weighted by Crippen LogP contribution is 2.34. The smallest absolute Gasteiger partial charge is 0.154 e. The van der Waals surface area contributed by atoms with Crippen LogP contribution in [0.4, 0.5) is 5.69 Å². The van der Waals surface area contributed by atoms with Crippen molar-refractivity contribution in [3.63, 3.8) is 0 Å². The zero-order valence-corrected chi connectivity index (χ0v) is 16.2. The van der Waals surface area contributed by atoms with Crippen LogP contribution in [-0.4, -0.2) is 9.32 Å². The first-order chi connectivity index (χ1) is 10.4. The van der Waals surface area contributed by atoms with Gasteiger partial charge in [0.1, 0.15) is 4.90 Å². The molecule has 0 saturated carbocycles. The van der Waals surface area contributed by atoms with Crippen LogP contribution in [0.1, 0.15) is 19.4 Å². The van der Waals surface area contributed by atoms with E-state index in [4.69, 9.17) is 23.2 Å². The third-order valence-corrected chi connectivity index (χ3v) is 4.68. The maximum atomic E-state index is 12.3. The van der Waals surface area contributed by atoms with Gasteiger partial charge in [0, 0.05) is 15.2 Å². The first-order valence-electron chi connectivity index (χ1n) is 6.51. The van der Waals surface area contributed by atoms with E-state index in [1.165, 1.54) is 6.07 Å². The molecule has 0 saturated heterocycles. The maximum Gasteiger partial charge on any atom is 0.154 e. The summed E-state index contributed by atoms with van der Waals surface area (Å²) < 4.78 is 15.8. The van der Waals surface area contributed by atoms with Crippen LogP contribution in [0, 0.1) is 6.92 Å². The zero-order valence-electron chi connectivity index (χ0n) is 12.3. The number of phenols is 1. The van der Waals surface area contributed by atoms with Gasteiger partial charge in [0.05, 0.1) is 5.02 Å². The predicted molar refractivity (Wildman–Crippen MR) is 98.4 cm³/mol. The number of anilines is 1. The lowest BCUT2D eigenvalue weighted by Crippen LogP contribution is -2.06. The monoisotopic (exact) mass is 423 g/mol. The number of phenolic OH excluding ortho intramolecular Hbond substituents is 1. The topological polar surface area (TPSA) is 49.3 Å². The molecule has 0 aliphatic rings. The minimum absolute atomic E-state index is 0.136. The van der Waals surface area contributed by atoms with E-state index >= 15 is 0 Å². The highest BCUT2D eigenvalue weighted by molar-refractivity contribution is 9.10. The van der Waals surface area contributed by atoms with E-state index < -0.39 is 11.0 Å². The van der Waals surface area contributed by atoms with Crippen LogP contribution in [0.3, 0.4) is 0 Å². The second kappa shape index (κ2) is 8.77. The normalized spacial score (nSPS) is 11.4. The lowest BCUT2D eigenvalue weighted by Gasteiger charge is -2.11. The Labute approximate surface area is 151 Å². The molecule has 22 heavy (non-hydrogen) atoms. The number of nitrogens with one attached hydrogen (secondary N) is 1. The van der Waals surface area contributed by atoms with Crippen molar-refractivity contribution in [3.8, 4) is 5.75 Å². The van der Waals surface area contributed by atoms with Gasteiger partial charge in [0.2, 0.25) is 0 Å². The Morgan fingerprint density at radius 1 is 1.18 bits per heavy atom. The number of aromatic hydroxyl groups is 1. The minimum Gasteiger partial charge on any atom is -0.505 e. The lowest BCUT2D eigenvalue weighted by molar-refractivity contribution is 0.461. The van der Waals surface area contributed by atoms with Gasteiger partial charge in [-0.15, -0.1) is 0 Å². The first kappa shape index (κ1) is 19.3. The molecule has 120 valence electrons. The molecule has 2 aromatic carbocycles. The molecule has 7 heteroatoms. The molecule has 2 N–H and O–H groups in total. The van der Waals surface area contributed by atoms with Crippen molar-refractivity contribution in [2.75, 3.05) is 4.72 Å². The summed E-state index contributed by atoms with van der Waals surface area (Å²) in [6.07, 6.45) is 0. The molecule has 3 nitrogen and oxygen atoms in total. The summed E-state index contributed by atoms with van der Waals surface area (Å²) in [5.74, 6) is -0.202. The molecule has 1 unspecified atom stereocenters. The third kappa shape index (κ3) is 4.88. The SMILES string of the molecule is CC.Cc1cc(Cl)ccc1NS(=O)c1cc(Br)cc(Cl)c1O. The Bertz CT molecular complexity index is 695. The summed E-state index contributed by atoms with van der Waals surface area (Å²) in [5, 5.41) is 10.6. The zero-order chi connectivity index (χ0) is 16.9. The van der Waals surface area contributed by atoms with Crippen LogP contribution in [0.15, 0.2) is 39.7 Å². The fourth-order valence-corrected chi connectivity index (χ4v) is 3.88. The van der Waals surface area contributed by atoms with Gasteiger partial charge in [0.15, 0.2) is 16.7 Å². The van der Waals surface area contributed by atoms with Crippen molar-refractivity contribution in [1.82, 2.24) is 0 Å². The van der Waals surface area contributed by atoms with Crippen molar-refractivity contribution in [2.45, 2.75) is 25.7 Å². The predicted octanol–water partition coefficient (Wildman–Crippen LogP) is 5.93. The summed E-state index contributed by atoms with van der Waals surface area (Å²) in [5.41, 5.74) is 1.52. The van der Waals surface area contributed by atoms with Gasteiger partial charge in [-0.05, 0) is 42.8 Å². The summed E-state index contributed by atoms with van der Waals surface area (Å²) in [7, 11) is -1.64. The van der Waals surface area contributed by atoms with Crippen molar-refractivity contribution >= 4 is 55.8 Å². The van der Waals surface area contributed by atoms with Gasteiger partial charge in [0.25, 0.3) is 0 Å². The van der Waals surface area contributed by atoms with E-state index in [1.807, 2.05) is 20.8 Å². The molecule has 0 fully saturated rings. The van der Waals surface area contributed by atoms with Gasteiger partial charge >= 0.3 is 0 Å². The quantitative estimate of drug-likeness (QED) is 0.641. The van der Waals surface area contributed by atoms with Crippen LogP contribution in [0.5, 0.6) is 5.75 Å². The highest BCUT2D eigenvalue weighted by Gasteiger charge is 2.15.